The molecule has 21 heavy (non-hydrogen) atoms. The molecule has 0 radical (unpaired) electrons. The molecular formula is C12H12F3N5O. The second kappa shape index (κ2) is 5.83. The van der Waals surface area contributed by atoms with Gasteiger partial charge in [0, 0.05) is 6.07 Å². The van der Waals surface area contributed by atoms with E-state index in [0.717, 1.165) is 0 Å². The molecule has 0 saturated carbocycles. The van der Waals surface area contributed by atoms with Crippen molar-refractivity contribution in [2.75, 3.05) is 17.9 Å². The second-order valence-corrected chi connectivity index (χ2v) is 3.93. The summed E-state index contributed by atoms with van der Waals surface area (Å²) in [5.74, 6) is 4.07. The molecule has 1 aromatic carbocycles. The Morgan fingerprint density at radius 1 is 1.14 bits per heavy atom. The highest BCUT2D eigenvalue weighted by Gasteiger charge is 2.35. The van der Waals surface area contributed by atoms with Crippen molar-refractivity contribution < 1.29 is 17.9 Å². The van der Waals surface area contributed by atoms with Crippen LogP contribution >= 0.6 is 0 Å². The van der Waals surface area contributed by atoms with E-state index in [4.69, 9.17) is 10.6 Å². The van der Waals surface area contributed by atoms with Crippen LogP contribution in [0.15, 0.2) is 30.3 Å². The zero-order chi connectivity index (χ0) is 15.5. The molecule has 0 unspecified atom stereocenters. The van der Waals surface area contributed by atoms with Gasteiger partial charge in [0.25, 0.3) is 0 Å². The Hall–Kier alpha value is -2.55. The summed E-state index contributed by atoms with van der Waals surface area (Å²) in [6.45, 7) is 0. The van der Waals surface area contributed by atoms with Crippen molar-refractivity contribution in [1.82, 2.24) is 9.97 Å². The third kappa shape index (κ3) is 3.51. The molecule has 0 aliphatic carbocycles. The van der Waals surface area contributed by atoms with Crippen molar-refractivity contribution >= 4 is 17.3 Å². The Balaban J connectivity index is 2.39. The molecule has 2 rings (SSSR count). The molecule has 2 aromatic rings. The van der Waals surface area contributed by atoms with Crippen LogP contribution in [0.1, 0.15) is 5.82 Å². The summed E-state index contributed by atoms with van der Waals surface area (Å²) in [4.78, 5) is 6.69. The molecular weight excluding hydrogens is 287 g/mol. The minimum absolute atomic E-state index is 0.0604. The van der Waals surface area contributed by atoms with Gasteiger partial charge in [0.05, 0.1) is 12.8 Å². The maximum Gasteiger partial charge on any atom is 0.451 e. The Labute approximate surface area is 118 Å². The van der Waals surface area contributed by atoms with Gasteiger partial charge in [0.15, 0.2) is 0 Å². The number of nitrogens with two attached hydrogens (primary N) is 1. The van der Waals surface area contributed by atoms with Crippen LogP contribution < -0.4 is 21.3 Å². The Kier molecular flexibility index (Phi) is 4.13. The number of nitrogens with one attached hydrogen (secondary N) is 2. The summed E-state index contributed by atoms with van der Waals surface area (Å²) in [5.41, 5.74) is 2.54. The highest BCUT2D eigenvalue weighted by atomic mass is 19.4. The maximum absolute atomic E-state index is 12.7. The lowest BCUT2D eigenvalue weighted by atomic mass is 10.3. The molecule has 0 spiro atoms. The molecule has 0 amide bonds. The number of anilines is 3. The predicted molar refractivity (Wildman–Crippen MR) is 71.1 cm³/mol. The third-order valence-electron chi connectivity index (χ3n) is 2.50. The van der Waals surface area contributed by atoms with Crippen LogP contribution in [-0.2, 0) is 6.18 Å². The van der Waals surface area contributed by atoms with Gasteiger partial charge in [-0.3, -0.25) is 0 Å². The maximum atomic E-state index is 12.7. The number of nitrogen functional groups attached to an aromatic ring is 1. The topological polar surface area (TPSA) is 85.1 Å². The minimum Gasteiger partial charge on any atom is -0.495 e. The van der Waals surface area contributed by atoms with Crippen LogP contribution in [0.3, 0.4) is 0 Å². The summed E-state index contributed by atoms with van der Waals surface area (Å²) in [6, 6.07) is 8.00. The van der Waals surface area contributed by atoms with Crippen LogP contribution in [0, 0.1) is 0 Å². The molecule has 1 aromatic heterocycles. The summed E-state index contributed by atoms with van der Waals surface area (Å²) in [7, 11) is 1.45. The molecule has 4 N–H and O–H groups in total. The number of hydrazine groups is 1. The molecule has 9 heteroatoms. The van der Waals surface area contributed by atoms with E-state index in [9.17, 15) is 13.2 Å². The highest BCUT2D eigenvalue weighted by Crippen LogP contribution is 2.30. The summed E-state index contributed by atoms with van der Waals surface area (Å²) >= 11 is 0. The number of hydrogen-bond donors (Lipinski definition) is 3. The van der Waals surface area contributed by atoms with E-state index in [0.29, 0.717) is 11.4 Å². The Morgan fingerprint density at radius 2 is 1.81 bits per heavy atom. The summed E-state index contributed by atoms with van der Waals surface area (Å²) in [5, 5.41) is 2.74. The molecule has 6 nitrogen and oxygen atoms in total. The quantitative estimate of drug-likeness (QED) is 0.594. The van der Waals surface area contributed by atoms with Crippen molar-refractivity contribution in [1.29, 1.82) is 0 Å². The SMILES string of the molecule is COc1ccccc1Nc1cc(NN)nc(C(F)(F)F)n1. The van der Waals surface area contributed by atoms with Gasteiger partial charge in [0.1, 0.15) is 17.4 Å². The molecule has 0 fully saturated rings. The van der Waals surface area contributed by atoms with Gasteiger partial charge in [-0.25, -0.2) is 15.8 Å². The lowest BCUT2D eigenvalue weighted by Crippen LogP contribution is -2.16. The first-order valence-corrected chi connectivity index (χ1v) is 5.77. The van der Waals surface area contributed by atoms with Crippen molar-refractivity contribution in [2.45, 2.75) is 6.18 Å². The third-order valence-corrected chi connectivity index (χ3v) is 2.50. The largest absolute Gasteiger partial charge is 0.495 e. The van der Waals surface area contributed by atoms with Crippen molar-refractivity contribution in [3.8, 4) is 5.75 Å². The molecule has 0 atom stereocenters. The van der Waals surface area contributed by atoms with Crippen molar-refractivity contribution in [3.05, 3.63) is 36.2 Å². The Bertz CT molecular complexity index is 633. The van der Waals surface area contributed by atoms with Gasteiger partial charge < -0.3 is 15.5 Å². The first kappa shape index (κ1) is 14.9. The average molecular weight is 299 g/mol. The van der Waals surface area contributed by atoms with Gasteiger partial charge in [-0.05, 0) is 12.1 Å². The predicted octanol–water partition coefficient (Wildman–Crippen LogP) is 2.53. The number of rotatable bonds is 4. The highest BCUT2D eigenvalue weighted by molar-refractivity contribution is 5.65. The fraction of sp³-hybridized carbons (Fsp3) is 0.167. The van der Waals surface area contributed by atoms with Gasteiger partial charge >= 0.3 is 6.18 Å². The van der Waals surface area contributed by atoms with E-state index in [1.54, 1.807) is 24.3 Å². The number of alkyl halides is 3. The molecule has 112 valence electrons. The molecule has 0 aliphatic rings. The van der Waals surface area contributed by atoms with Crippen LogP contribution in [0.4, 0.5) is 30.5 Å². The molecule has 0 bridgehead atoms. The number of ether oxygens (including phenoxy) is 1. The van der Waals surface area contributed by atoms with E-state index < -0.39 is 12.0 Å². The first-order valence-electron chi connectivity index (χ1n) is 5.77. The monoisotopic (exact) mass is 299 g/mol. The van der Waals surface area contributed by atoms with Crippen molar-refractivity contribution in [3.63, 3.8) is 0 Å². The van der Waals surface area contributed by atoms with Crippen LogP contribution in [0.2, 0.25) is 0 Å². The van der Waals surface area contributed by atoms with Gasteiger partial charge in [-0.15, -0.1) is 0 Å². The number of benzene rings is 1. The van der Waals surface area contributed by atoms with E-state index in [-0.39, 0.29) is 11.6 Å². The normalized spacial score (nSPS) is 11.1. The Morgan fingerprint density at radius 3 is 2.43 bits per heavy atom. The fourth-order valence-electron chi connectivity index (χ4n) is 1.60. The molecule has 1 heterocycles. The number of methoxy groups -OCH3 is 1. The summed E-state index contributed by atoms with van der Waals surface area (Å²) in [6.07, 6.45) is -4.68. The molecule has 0 saturated heterocycles. The zero-order valence-electron chi connectivity index (χ0n) is 10.9. The number of para-hydroxylation sites is 2. The van der Waals surface area contributed by atoms with Crippen molar-refractivity contribution in [2.24, 2.45) is 5.84 Å². The number of nitrogens with zero attached hydrogens (tertiary/aromatic N) is 2. The zero-order valence-corrected chi connectivity index (χ0v) is 10.9. The van der Waals surface area contributed by atoms with Crippen LogP contribution in [-0.4, -0.2) is 17.1 Å². The summed E-state index contributed by atoms with van der Waals surface area (Å²) < 4.78 is 43.3. The lowest BCUT2D eigenvalue weighted by molar-refractivity contribution is -0.144. The number of halogens is 3. The smallest absolute Gasteiger partial charge is 0.451 e. The van der Waals surface area contributed by atoms with Crippen LogP contribution in [0.25, 0.3) is 0 Å². The van der Waals surface area contributed by atoms with E-state index >= 15 is 0 Å². The van der Waals surface area contributed by atoms with Crippen LogP contribution in [0.5, 0.6) is 5.75 Å². The second-order valence-electron chi connectivity index (χ2n) is 3.93. The van der Waals surface area contributed by atoms with Gasteiger partial charge in [-0.1, -0.05) is 12.1 Å². The van der Waals surface area contributed by atoms with Gasteiger partial charge in [-0.2, -0.15) is 13.2 Å². The average Bonchev–Trinajstić information content (AvgIpc) is 2.46. The number of aromatic nitrogens is 2. The first-order chi connectivity index (χ1) is 9.94. The standard InChI is InChI=1S/C12H12F3N5O/c1-21-8-5-3-2-4-7(8)17-9-6-10(20-16)19-11(18-9)12(13,14)15/h2-6H,16H2,1H3,(H2,17,18,19,20). The lowest BCUT2D eigenvalue weighted by Gasteiger charge is -2.13. The minimum atomic E-state index is -4.68. The number of hydrogen-bond acceptors (Lipinski definition) is 6. The molecule has 0 aliphatic heterocycles. The van der Waals surface area contributed by atoms with E-state index in [1.807, 2.05) is 0 Å². The van der Waals surface area contributed by atoms with E-state index in [2.05, 4.69) is 20.7 Å². The van der Waals surface area contributed by atoms with E-state index in [1.165, 1.54) is 13.2 Å². The van der Waals surface area contributed by atoms with Gasteiger partial charge in [0.2, 0.25) is 5.82 Å². The fourth-order valence-corrected chi connectivity index (χ4v) is 1.60.